The maximum atomic E-state index is 10.3. The van der Waals surface area contributed by atoms with Gasteiger partial charge in [-0.05, 0) is 0 Å². The van der Waals surface area contributed by atoms with Crippen molar-refractivity contribution in [1.82, 2.24) is 0 Å². The maximum absolute atomic E-state index is 10.3. The van der Waals surface area contributed by atoms with Crippen LogP contribution in [-0.4, -0.2) is 58.4 Å². The van der Waals surface area contributed by atoms with Crippen molar-refractivity contribution in [3.63, 3.8) is 0 Å². The predicted octanol–water partition coefficient (Wildman–Crippen LogP) is 0.818. The number of hydrogen-bond acceptors (Lipinski definition) is 3. The molecule has 0 amide bonds. The van der Waals surface area contributed by atoms with Crippen molar-refractivity contribution in [2.75, 3.05) is 0 Å². The summed E-state index contributed by atoms with van der Waals surface area (Å²) in [6.07, 6.45) is 2.94. The predicted molar refractivity (Wildman–Crippen MR) is 61.9 cm³/mol. The number of phosphoric acid groups is 1. The maximum Gasteiger partial charge on any atom is 2.00 e. The summed E-state index contributed by atoms with van der Waals surface area (Å²) in [5.41, 5.74) is 0. The van der Waals surface area contributed by atoms with E-state index in [9.17, 15) is 4.79 Å². The van der Waals surface area contributed by atoms with Crippen LogP contribution in [0, 0.1) is 14.0 Å². The largest absolute Gasteiger partial charge is 2.00 e. The molecule has 0 bridgehead atoms. The van der Waals surface area contributed by atoms with Gasteiger partial charge in [0.15, 0.2) is 0 Å². The SMILES string of the molecule is C=CC(=O)O[CH-]CCC.O=P(O)(O)O.[CH3-].[Ca+2]. The zero-order valence-corrected chi connectivity index (χ0v) is 12.6. The summed E-state index contributed by atoms with van der Waals surface area (Å²) < 4.78 is 13.4. The fourth-order valence-corrected chi connectivity index (χ4v) is 0.307. The van der Waals surface area contributed by atoms with Gasteiger partial charge in [0.1, 0.15) is 0 Å². The third-order valence-corrected chi connectivity index (χ3v) is 0.773. The topological polar surface area (TPSA) is 104 Å². The number of hydrogen-bond donors (Lipinski definition) is 3. The van der Waals surface area contributed by atoms with E-state index in [0.29, 0.717) is 0 Å². The van der Waals surface area contributed by atoms with Gasteiger partial charge in [-0.25, -0.2) is 9.36 Å². The Morgan fingerprint density at radius 3 is 2.12 bits per heavy atom. The summed E-state index contributed by atoms with van der Waals surface area (Å²) >= 11 is 0. The molecule has 0 spiro atoms. The third kappa shape index (κ3) is 46.8. The van der Waals surface area contributed by atoms with Gasteiger partial charge in [-0.15, -0.1) is 6.42 Å². The molecule has 0 fully saturated rings. The number of carbonyl (C=O) groups excluding carboxylic acids is 1. The summed E-state index contributed by atoms with van der Waals surface area (Å²) in [6, 6.07) is 0. The summed E-state index contributed by atoms with van der Waals surface area (Å²) in [5, 5.41) is 0. The quantitative estimate of drug-likeness (QED) is 0.176. The molecule has 0 aromatic carbocycles. The van der Waals surface area contributed by atoms with Crippen molar-refractivity contribution in [2.24, 2.45) is 0 Å². The summed E-state index contributed by atoms with van der Waals surface area (Å²) in [6.45, 7) is 6.75. The molecule has 16 heavy (non-hydrogen) atoms. The molecule has 0 unspecified atom stereocenters. The molecule has 0 aromatic heterocycles. The van der Waals surface area contributed by atoms with Crippen molar-refractivity contribution in [3.8, 4) is 0 Å². The van der Waals surface area contributed by atoms with Crippen LogP contribution in [0.2, 0.25) is 0 Å². The van der Waals surface area contributed by atoms with Crippen molar-refractivity contribution in [3.05, 3.63) is 26.7 Å². The van der Waals surface area contributed by atoms with Crippen LogP contribution < -0.4 is 0 Å². The Hall–Kier alpha value is 0.580. The molecule has 92 valence electrons. The fourth-order valence-electron chi connectivity index (χ4n) is 0.307. The Balaban J connectivity index is -0.0000000904. The molecule has 8 heteroatoms. The van der Waals surface area contributed by atoms with Crippen LogP contribution in [0.25, 0.3) is 0 Å². The second-order valence-corrected chi connectivity index (χ2v) is 3.14. The van der Waals surface area contributed by atoms with Crippen molar-refractivity contribution in [2.45, 2.75) is 19.8 Å². The molecule has 0 saturated heterocycles. The molecule has 6 nitrogen and oxygen atoms in total. The Morgan fingerprint density at radius 2 is 1.88 bits per heavy atom. The normalized spacial score (nSPS) is 8.50. The molecule has 0 aromatic rings. The van der Waals surface area contributed by atoms with Crippen LogP contribution in [0.3, 0.4) is 0 Å². The number of esters is 1. The average molecular weight is 280 g/mol. The molecular weight excluding hydrogens is 263 g/mol. The van der Waals surface area contributed by atoms with Crippen LogP contribution in [0.15, 0.2) is 12.7 Å². The average Bonchev–Trinajstić information content (AvgIpc) is 2.01. The van der Waals surface area contributed by atoms with Crippen molar-refractivity contribution in [1.29, 1.82) is 0 Å². The van der Waals surface area contributed by atoms with E-state index >= 15 is 0 Å². The molecule has 3 N–H and O–H groups in total. The zero-order valence-electron chi connectivity index (χ0n) is 9.50. The van der Waals surface area contributed by atoms with E-state index in [2.05, 4.69) is 11.3 Å². The van der Waals surface area contributed by atoms with Crippen molar-refractivity contribution >= 4 is 51.5 Å². The van der Waals surface area contributed by atoms with E-state index in [1.807, 2.05) is 6.92 Å². The molecule has 0 atom stereocenters. The first-order valence-corrected chi connectivity index (χ1v) is 5.30. The monoisotopic (exact) mass is 280 g/mol. The third-order valence-electron chi connectivity index (χ3n) is 0.773. The zero-order chi connectivity index (χ0) is 11.6. The van der Waals surface area contributed by atoms with Crippen molar-refractivity contribution < 1.29 is 28.8 Å². The van der Waals surface area contributed by atoms with E-state index in [4.69, 9.17) is 19.2 Å². The Bertz CT molecular complexity index is 206. The molecule has 0 aliphatic rings. The molecule has 0 heterocycles. The number of rotatable bonds is 4. The van der Waals surface area contributed by atoms with E-state index in [-0.39, 0.29) is 51.1 Å². The fraction of sp³-hybridized carbons (Fsp3) is 0.375. The Morgan fingerprint density at radius 1 is 1.50 bits per heavy atom. The van der Waals surface area contributed by atoms with Crippen LogP contribution in [0.1, 0.15) is 19.8 Å². The summed E-state index contributed by atoms with van der Waals surface area (Å²) in [5.74, 6) is -0.386. The molecular formula is C8H17CaO6P. The van der Waals surface area contributed by atoms with Gasteiger partial charge in [0, 0.05) is 6.08 Å². The van der Waals surface area contributed by atoms with Crippen LogP contribution in [0.5, 0.6) is 0 Å². The Kier molecular flexibility index (Phi) is 24.8. The van der Waals surface area contributed by atoms with Gasteiger partial charge in [-0.3, -0.25) is 0 Å². The molecule has 0 radical (unpaired) electrons. The second-order valence-electron chi connectivity index (χ2n) is 2.11. The van der Waals surface area contributed by atoms with Gasteiger partial charge >= 0.3 is 45.6 Å². The van der Waals surface area contributed by atoms with Gasteiger partial charge in [0.25, 0.3) is 5.97 Å². The van der Waals surface area contributed by atoms with E-state index in [0.717, 1.165) is 18.9 Å². The van der Waals surface area contributed by atoms with Gasteiger partial charge in [0.2, 0.25) is 0 Å². The molecule has 0 saturated carbocycles. The van der Waals surface area contributed by atoms with E-state index in [1.165, 1.54) is 6.61 Å². The van der Waals surface area contributed by atoms with Crippen LogP contribution >= 0.6 is 7.82 Å². The molecule has 0 rings (SSSR count). The van der Waals surface area contributed by atoms with Crippen LogP contribution in [0.4, 0.5) is 0 Å². The number of unbranched alkanes of at least 4 members (excludes halogenated alkanes) is 1. The van der Waals surface area contributed by atoms with E-state index in [1.54, 1.807) is 0 Å². The molecule has 0 aliphatic carbocycles. The van der Waals surface area contributed by atoms with Crippen LogP contribution in [-0.2, 0) is 14.1 Å². The summed E-state index contributed by atoms with van der Waals surface area (Å²) in [4.78, 5) is 31.9. The standard InChI is InChI=1S/C7H11O2.CH3.Ca.H3O4P/c1-3-5-6-9-7(8)4-2;;;1-5(2,3)4/h4,6H,2-3,5H2,1H3;1H3;;(H3,1,2,3,4)/q2*-1;+2;. The molecule has 0 aliphatic heterocycles. The van der Waals surface area contributed by atoms with Gasteiger partial charge in [-0.1, -0.05) is 19.9 Å². The van der Waals surface area contributed by atoms with Gasteiger partial charge in [-0.2, -0.15) is 6.61 Å². The van der Waals surface area contributed by atoms with Gasteiger partial charge < -0.3 is 26.8 Å². The number of carbonyl (C=O) groups is 1. The van der Waals surface area contributed by atoms with E-state index < -0.39 is 7.82 Å². The number of ether oxygens (including phenoxy) is 1. The second kappa shape index (κ2) is 15.6. The minimum absolute atomic E-state index is 0. The first-order chi connectivity index (χ1) is 6.31. The first-order valence-electron chi connectivity index (χ1n) is 3.74. The first kappa shape index (κ1) is 25.4. The Labute approximate surface area is 126 Å². The summed E-state index contributed by atoms with van der Waals surface area (Å²) in [7, 11) is -4.64. The minimum Gasteiger partial charge on any atom is -0.634 e. The van der Waals surface area contributed by atoms with Gasteiger partial charge in [0.05, 0.1) is 0 Å². The minimum atomic E-state index is -4.64. The smallest absolute Gasteiger partial charge is 0.634 e.